The van der Waals surface area contributed by atoms with Gasteiger partial charge in [0.15, 0.2) is 0 Å². The fraction of sp³-hybridized carbons (Fsp3) is 0.406. The van der Waals surface area contributed by atoms with Crippen LogP contribution in [0.4, 0.5) is 0 Å². The first-order chi connectivity index (χ1) is 19.1. The van der Waals surface area contributed by atoms with Gasteiger partial charge in [-0.25, -0.2) is 0 Å². The van der Waals surface area contributed by atoms with E-state index in [2.05, 4.69) is 53.3 Å². The Morgan fingerprint density at radius 3 is 2.59 bits per heavy atom. The van der Waals surface area contributed by atoms with Crippen LogP contribution < -0.4 is 27.9 Å². The number of carbonyl (C=O) groups excluding carboxylic acids is 1. The van der Waals surface area contributed by atoms with Gasteiger partial charge in [-0.2, -0.15) is 5.10 Å². The number of nitrogens with zero attached hydrogens (tertiary/aromatic N) is 3. The molecule has 0 radical (unpaired) electrons. The third-order valence-corrected chi connectivity index (χ3v) is 8.13. The van der Waals surface area contributed by atoms with Crippen molar-refractivity contribution in [2.24, 2.45) is 0 Å². The maximum Gasteiger partial charge on any atom is 0.253 e. The maximum absolute atomic E-state index is 13.7. The first kappa shape index (κ1) is 30.7. The van der Waals surface area contributed by atoms with Crippen molar-refractivity contribution in [3.05, 3.63) is 87.0 Å². The molecule has 1 amide bonds. The SMILES string of the molecule is Cc1cc(C)c(CNC(=O)c2cc(-c3cccc(C[N+](C)(C)CCO)c3)cc3c2cnn3C2CCCC2)c(=O)[nH]1.[Br-]. The van der Waals surface area contributed by atoms with E-state index in [4.69, 9.17) is 5.10 Å². The molecular formula is C32H40BrN5O3. The number of hydrogen-bond acceptors (Lipinski definition) is 4. The molecule has 0 bridgehead atoms. The molecule has 0 spiro atoms. The number of benzene rings is 2. The molecule has 4 aromatic rings. The summed E-state index contributed by atoms with van der Waals surface area (Å²) in [6, 6.07) is 14.7. The largest absolute Gasteiger partial charge is 1.00 e. The zero-order chi connectivity index (χ0) is 28.4. The zero-order valence-electron chi connectivity index (χ0n) is 24.3. The Labute approximate surface area is 251 Å². The number of aromatic amines is 1. The lowest BCUT2D eigenvalue weighted by Gasteiger charge is -2.29. The lowest BCUT2D eigenvalue weighted by molar-refractivity contribution is -0.903. The Hall–Kier alpha value is -3.27. The van der Waals surface area contributed by atoms with Crippen LogP contribution in [-0.2, 0) is 13.1 Å². The minimum absolute atomic E-state index is 0. The van der Waals surface area contributed by atoms with Gasteiger partial charge >= 0.3 is 0 Å². The number of pyridine rings is 1. The van der Waals surface area contributed by atoms with Crippen LogP contribution >= 0.6 is 0 Å². The van der Waals surface area contributed by atoms with Gasteiger partial charge in [-0.3, -0.25) is 14.3 Å². The second kappa shape index (κ2) is 12.7. The second-order valence-electron chi connectivity index (χ2n) is 11.9. The molecule has 2 aromatic carbocycles. The van der Waals surface area contributed by atoms with Crippen LogP contribution in [0.5, 0.6) is 0 Å². The highest BCUT2D eigenvalue weighted by atomic mass is 79.9. The molecule has 1 saturated carbocycles. The summed E-state index contributed by atoms with van der Waals surface area (Å²) >= 11 is 0. The lowest BCUT2D eigenvalue weighted by atomic mass is 9.97. The molecule has 0 aliphatic heterocycles. The van der Waals surface area contributed by atoms with Crippen LogP contribution in [0, 0.1) is 13.8 Å². The Balaban J connectivity index is 0.00000387. The van der Waals surface area contributed by atoms with Gasteiger partial charge < -0.3 is 36.9 Å². The van der Waals surface area contributed by atoms with E-state index < -0.39 is 0 Å². The first-order valence-corrected chi connectivity index (χ1v) is 14.2. The number of hydrogen-bond donors (Lipinski definition) is 3. The van der Waals surface area contributed by atoms with Gasteiger partial charge in [0.1, 0.15) is 13.1 Å². The molecule has 5 rings (SSSR count). The van der Waals surface area contributed by atoms with Crippen LogP contribution in [-0.4, -0.2) is 57.5 Å². The number of aryl methyl sites for hydroxylation is 2. The number of amides is 1. The number of quaternary nitrogens is 1. The summed E-state index contributed by atoms with van der Waals surface area (Å²) in [5.41, 5.74) is 6.70. The number of likely N-dealkylation sites (N-methyl/N-ethyl adjacent to an activating group) is 1. The van der Waals surface area contributed by atoms with Gasteiger partial charge in [0, 0.05) is 28.8 Å². The highest BCUT2D eigenvalue weighted by Gasteiger charge is 2.23. The molecule has 0 unspecified atom stereocenters. The van der Waals surface area contributed by atoms with E-state index in [1.54, 1.807) is 0 Å². The minimum atomic E-state index is -0.228. The summed E-state index contributed by atoms with van der Waals surface area (Å²) in [6.45, 7) is 5.49. The van der Waals surface area contributed by atoms with Gasteiger partial charge in [0.2, 0.25) is 0 Å². The van der Waals surface area contributed by atoms with Gasteiger partial charge in [-0.1, -0.05) is 31.0 Å². The molecule has 41 heavy (non-hydrogen) atoms. The number of aromatic nitrogens is 3. The third-order valence-electron chi connectivity index (χ3n) is 8.13. The molecule has 8 nitrogen and oxygen atoms in total. The highest BCUT2D eigenvalue weighted by molar-refractivity contribution is 6.08. The molecule has 1 aliphatic carbocycles. The topological polar surface area (TPSA) is 100 Å². The number of rotatable bonds is 9. The van der Waals surface area contributed by atoms with E-state index in [0.717, 1.165) is 52.7 Å². The molecule has 218 valence electrons. The van der Waals surface area contributed by atoms with Gasteiger partial charge in [-0.15, -0.1) is 0 Å². The molecular weight excluding hydrogens is 582 g/mol. The smallest absolute Gasteiger partial charge is 0.253 e. The highest BCUT2D eigenvalue weighted by Crippen LogP contribution is 2.35. The normalized spacial score (nSPS) is 13.9. The van der Waals surface area contributed by atoms with Crippen molar-refractivity contribution >= 4 is 16.8 Å². The Bertz CT molecular complexity index is 1600. The summed E-state index contributed by atoms with van der Waals surface area (Å²) in [5.74, 6) is -0.228. The summed E-state index contributed by atoms with van der Waals surface area (Å²) < 4.78 is 2.78. The van der Waals surface area contributed by atoms with E-state index >= 15 is 0 Å². The summed E-state index contributed by atoms with van der Waals surface area (Å²) in [4.78, 5) is 29.1. The molecule has 2 heterocycles. The molecule has 0 saturated heterocycles. The summed E-state index contributed by atoms with van der Waals surface area (Å²) in [5, 5.41) is 18.0. The van der Waals surface area contributed by atoms with Crippen molar-refractivity contribution in [1.29, 1.82) is 0 Å². The monoisotopic (exact) mass is 621 g/mol. The van der Waals surface area contributed by atoms with E-state index in [0.29, 0.717) is 28.2 Å². The average Bonchev–Trinajstić information content (AvgIpc) is 3.57. The molecule has 0 atom stereocenters. The predicted molar refractivity (Wildman–Crippen MR) is 158 cm³/mol. The summed E-state index contributed by atoms with van der Waals surface area (Å²) in [7, 11) is 4.22. The number of nitrogens with one attached hydrogen (secondary N) is 2. The Morgan fingerprint density at radius 1 is 1.12 bits per heavy atom. The zero-order valence-corrected chi connectivity index (χ0v) is 25.9. The van der Waals surface area contributed by atoms with Crippen LogP contribution in [0.1, 0.15) is 64.5 Å². The van der Waals surface area contributed by atoms with Gasteiger partial charge in [0.05, 0.1) is 44.0 Å². The number of H-pyrrole nitrogens is 1. The second-order valence-corrected chi connectivity index (χ2v) is 11.9. The number of carbonyl (C=O) groups is 1. The standard InChI is InChI=1S/C32H39N5O3.BrH/c1-21-14-22(2)35-32(40)28(21)18-33-31(39)27-16-25(17-30-29(27)19-34-36(30)26-10-5-6-11-26)24-9-7-8-23(15-24)20-37(3,4)12-13-38;/h7-9,14-17,19,26,38H,5-6,10-13,18,20H2,1-4H3,(H-,33,35,39,40);1H. The fourth-order valence-corrected chi connectivity index (χ4v) is 6.00. The minimum Gasteiger partial charge on any atom is -1.00 e. The van der Waals surface area contributed by atoms with Crippen LogP contribution in [0.3, 0.4) is 0 Å². The Kier molecular flexibility index (Phi) is 9.51. The molecule has 3 N–H and O–H groups in total. The van der Waals surface area contributed by atoms with Crippen molar-refractivity contribution in [1.82, 2.24) is 20.1 Å². The average molecular weight is 623 g/mol. The Morgan fingerprint density at radius 2 is 1.88 bits per heavy atom. The van der Waals surface area contributed by atoms with Gasteiger partial charge in [-0.05, 0) is 67.6 Å². The van der Waals surface area contributed by atoms with E-state index in [1.807, 2.05) is 38.2 Å². The van der Waals surface area contributed by atoms with Crippen molar-refractivity contribution < 1.29 is 31.4 Å². The van der Waals surface area contributed by atoms with Crippen molar-refractivity contribution in [2.75, 3.05) is 27.2 Å². The first-order valence-electron chi connectivity index (χ1n) is 14.2. The van der Waals surface area contributed by atoms with Crippen molar-refractivity contribution in [3.8, 4) is 11.1 Å². The quantitative estimate of drug-likeness (QED) is 0.247. The predicted octanol–water partition coefficient (Wildman–Crippen LogP) is 1.63. The van der Waals surface area contributed by atoms with Crippen LogP contribution in [0.2, 0.25) is 0 Å². The number of fused-ring (bicyclic) bond motifs is 1. The van der Waals surface area contributed by atoms with E-state index in [1.165, 1.54) is 18.4 Å². The van der Waals surface area contributed by atoms with Crippen molar-refractivity contribution in [3.63, 3.8) is 0 Å². The van der Waals surface area contributed by atoms with E-state index in [-0.39, 0.29) is 41.6 Å². The van der Waals surface area contributed by atoms with Crippen LogP contribution in [0.25, 0.3) is 22.0 Å². The molecule has 1 fully saturated rings. The third kappa shape index (κ3) is 6.80. The molecule has 2 aromatic heterocycles. The van der Waals surface area contributed by atoms with Crippen molar-refractivity contribution in [2.45, 2.75) is 58.7 Å². The van der Waals surface area contributed by atoms with Gasteiger partial charge in [0.25, 0.3) is 11.5 Å². The lowest BCUT2D eigenvalue weighted by Crippen LogP contribution is -3.00. The summed E-state index contributed by atoms with van der Waals surface area (Å²) in [6.07, 6.45) is 6.36. The molecule has 1 aliphatic rings. The molecule has 9 heteroatoms. The maximum atomic E-state index is 13.7. The van der Waals surface area contributed by atoms with Crippen LogP contribution in [0.15, 0.2) is 53.5 Å². The number of aliphatic hydroxyl groups excluding tert-OH is 1. The fourth-order valence-electron chi connectivity index (χ4n) is 6.00. The van der Waals surface area contributed by atoms with E-state index in [9.17, 15) is 14.7 Å². The number of halogens is 1. The number of aliphatic hydroxyl groups is 1.